The van der Waals surface area contributed by atoms with Crippen molar-refractivity contribution in [1.29, 1.82) is 0 Å². The molecule has 0 unspecified atom stereocenters. The lowest BCUT2D eigenvalue weighted by molar-refractivity contribution is -0.114. The second kappa shape index (κ2) is 8.33. The summed E-state index contributed by atoms with van der Waals surface area (Å²) in [5.41, 5.74) is 0.775. The van der Waals surface area contributed by atoms with Gasteiger partial charge in [0.1, 0.15) is 0 Å². The smallest absolute Gasteiger partial charge is 0.257 e. The van der Waals surface area contributed by atoms with Gasteiger partial charge in [-0.2, -0.15) is 0 Å². The van der Waals surface area contributed by atoms with Gasteiger partial charge in [0, 0.05) is 12.6 Å². The SMILES string of the molecule is CCCS(=O)(=O)c1ccccc1C(=O)Nc1cc(NC(C)=O)ccc1Cl. The lowest BCUT2D eigenvalue weighted by atomic mass is 10.2. The third-order valence-electron chi connectivity index (χ3n) is 3.47. The van der Waals surface area contributed by atoms with Crippen molar-refractivity contribution in [3.05, 3.63) is 53.1 Å². The van der Waals surface area contributed by atoms with Gasteiger partial charge in [-0.25, -0.2) is 8.42 Å². The maximum atomic E-state index is 12.7. The number of hydrogen-bond donors (Lipinski definition) is 2. The van der Waals surface area contributed by atoms with Gasteiger partial charge in [0.15, 0.2) is 9.84 Å². The van der Waals surface area contributed by atoms with E-state index in [0.29, 0.717) is 12.1 Å². The summed E-state index contributed by atoms with van der Waals surface area (Å²) < 4.78 is 24.8. The third kappa shape index (κ3) is 4.83. The van der Waals surface area contributed by atoms with Gasteiger partial charge in [0.2, 0.25) is 5.91 Å². The standard InChI is InChI=1S/C18H19ClN2O4S/c1-3-10-26(24,25)17-7-5-4-6-14(17)18(23)21-16-11-13(20-12(2)22)8-9-15(16)19/h4-9,11H,3,10H2,1-2H3,(H,20,22)(H,21,23). The number of anilines is 2. The minimum absolute atomic E-state index is 0.0199. The number of rotatable bonds is 6. The summed E-state index contributed by atoms with van der Waals surface area (Å²) in [6.45, 7) is 3.12. The quantitative estimate of drug-likeness (QED) is 0.780. The van der Waals surface area contributed by atoms with Gasteiger partial charge >= 0.3 is 0 Å². The summed E-state index contributed by atoms with van der Waals surface area (Å²) in [4.78, 5) is 23.8. The van der Waals surface area contributed by atoms with Gasteiger partial charge in [-0.3, -0.25) is 9.59 Å². The zero-order chi connectivity index (χ0) is 19.3. The van der Waals surface area contributed by atoms with Crippen LogP contribution in [-0.4, -0.2) is 26.0 Å². The first-order valence-electron chi connectivity index (χ1n) is 7.95. The molecule has 2 amide bonds. The Balaban J connectivity index is 2.36. The Morgan fingerprint density at radius 3 is 2.42 bits per heavy atom. The number of carbonyl (C=O) groups is 2. The van der Waals surface area contributed by atoms with Crippen molar-refractivity contribution in [3.8, 4) is 0 Å². The molecule has 26 heavy (non-hydrogen) atoms. The monoisotopic (exact) mass is 394 g/mol. The molecule has 2 aromatic rings. The van der Waals surface area contributed by atoms with Crippen LogP contribution in [0.3, 0.4) is 0 Å². The van der Waals surface area contributed by atoms with E-state index in [0.717, 1.165) is 0 Å². The molecular formula is C18H19ClN2O4S. The number of carbonyl (C=O) groups excluding carboxylic acids is 2. The molecule has 0 aromatic heterocycles. The lowest BCUT2D eigenvalue weighted by Gasteiger charge is -2.12. The molecule has 0 radical (unpaired) electrons. The molecule has 2 rings (SSSR count). The Hall–Kier alpha value is -2.38. The van der Waals surface area contributed by atoms with E-state index >= 15 is 0 Å². The fourth-order valence-electron chi connectivity index (χ4n) is 2.40. The summed E-state index contributed by atoms with van der Waals surface area (Å²) in [6, 6.07) is 10.7. The topological polar surface area (TPSA) is 92.3 Å². The molecule has 0 heterocycles. The average molecular weight is 395 g/mol. The molecule has 6 nitrogen and oxygen atoms in total. The van der Waals surface area contributed by atoms with Crippen molar-refractivity contribution in [1.82, 2.24) is 0 Å². The summed E-state index contributed by atoms with van der Waals surface area (Å²) in [6.07, 6.45) is 0.447. The van der Waals surface area contributed by atoms with Crippen LogP contribution in [0.5, 0.6) is 0 Å². The fourth-order valence-corrected chi connectivity index (χ4v) is 4.10. The number of halogens is 1. The van der Waals surface area contributed by atoms with Gasteiger partial charge in [0.25, 0.3) is 5.91 Å². The molecule has 0 saturated carbocycles. The first kappa shape index (κ1) is 19.9. The summed E-state index contributed by atoms with van der Waals surface area (Å²) in [7, 11) is -3.56. The van der Waals surface area contributed by atoms with Crippen molar-refractivity contribution in [2.45, 2.75) is 25.2 Å². The molecule has 8 heteroatoms. The zero-order valence-corrected chi connectivity index (χ0v) is 15.9. The maximum absolute atomic E-state index is 12.7. The van der Waals surface area contributed by atoms with Crippen LogP contribution in [0.1, 0.15) is 30.6 Å². The first-order chi connectivity index (χ1) is 12.2. The largest absolute Gasteiger partial charge is 0.326 e. The van der Waals surface area contributed by atoms with Crippen LogP contribution in [0.25, 0.3) is 0 Å². The van der Waals surface area contributed by atoms with Gasteiger partial charge in [-0.05, 0) is 36.8 Å². The minimum Gasteiger partial charge on any atom is -0.326 e. The van der Waals surface area contributed by atoms with E-state index < -0.39 is 15.7 Å². The Labute approximate surface area is 157 Å². The number of amides is 2. The highest BCUT2D eigenvalue weighted by Crippen LogP contribution is 2.27. The van der Waals surface area contributed by atoms with E-state index in [9.17, 15) is 18.0 Å². The molecule has 0 atom stereocenters. The molecule has 0 aliphatic heterocycles. The predicted molar refractivity (Wildman–Crippen MR) is 102 cm³/mol. The molecule has 0 spiro atoms. The van der Waals surface area contributed by atoms with Crippen LogP contribution in [-0.2, 0) is 14.6 Å². The second-order valence-corrected chi connectivity index (χ2v) is 8.13. The molecule has 0 fully saturated rings. The van der Waals surface area contributed by atoms with Gasteiger partial charge < -0.3 is 10.6 Å². The maximum Gasteiger partial charge on any atom is 0.257 e. The van der Waals surface area contributed by atoms with Crippen LogP contribution in [0, 0.1) is 0 Å². The molecule has 2 N–H and O–H groups in total. The van der Waals surface area contributed by atoms with E-state index in [1.54, 1.807) is 25.1 Å². The Bertz CT molecular complexity index is 942. The van der Waals surface area contributed by atoms with Crippen LogP contribution < -0.4 is 10.6 Å². The normalized spacial score (nSPS) is 11.0. The first-order valence-corrected chi connectivity index (χ1v) is 9.98. The highest BCUT2D eigenvalue weighted by molar-refractivity contribution is 7.91. The van der Waals surface area contributed by atoms with Crippen molar-refractivity contribution < 1.29 is 18.0 Å². The van der Waals surface area contributed by atoms with E-state index in [-0.39, 0.29) is 32.8 Å². The third-order valence-corrected chi connectivity index (χ3v) is 5.78. The average Bonchev–Trinajstić information content (AvgIpc) is 2.57. The minimum atomic E-state index is -3.56. The number of nitrogens with one attached hydrogen (secondary N) is 2. The lowest BCUT2D eigenvalue weighted by Crippen LogP contribution is -2.18. The van der Waals surface area contributed by atoms with Crippen LogP contribution in [0.4, 0.5) is 11.4 Å². The summed E-state index contributed by atoms with van der Waals surface area (Å²) in [5, 5.41) is 5.47. The zero-order valence-electron chi connectivity index (χ0n) is 14.4. The molecule has 0 aliphatic carbocycles. The number of hydrogen-bond acceptors (Lipinski definition) is 4. The molecule has 0 saturated heterocycles. The van der Waals surface area contributed by atoms with Crippen LogP contribution in [0.2, 0.25) is 5.02 Å². The van der Waals surface area contributed by atoms with Crippen LogP contribution in [0.15, 0.2) is 47.4 Å². The van der Waals surface area contributed by atoms with Crippen molar-refractivity contribution >= 4 is 44.6 Å². The Morgan fingerprint density at radius 1 is 1.08 bits per heavy atom. The molecule has 2 aromatic carbocycles. The van der Waals surface area contributed by atoms with E-state index in [1.165, 1.54) is 31.2 Å². The summed E-state index contributed by atoms with van der Waals surface area (Å²) in [5.74, 6) is -0.904. The highest BCUT2D eigenvalue weighted by Gasteiger charge is 2.22. The molecule has 138 valence electrons. The van der Waals surface area contributed by atoms with E-state index in [1.807, 2.05) is 0 Å². The van der Waals surface area contributed by atoms with E-state index in [4.69, 9.17) is 11.6 Å². The second-order valence-electron chi connectivity index (χ2n) is 5.64. The molecule has 0 bridgehead atoms. The number of benzene rings is 2. The van der Waals surface area contributed by atoms with E-state index in [2.05, 4.69) is 10.6 Å². The Kier molecular flexibility index (Phi) is 6.39. The number of sulfone groups is 1. The predicted octanol–water partition coefficient (Wildman–Crippen LogP) is 3.73. The van der Waals surface area contributed by atoms with Crippen LogP contribution >= 0.6 is 11.6 Å². The fraction of sp³-hybridized carbons (Fsp3) is 0.222. The Morgan fingerprint density at radius 2 is 1.77 bits per heavy atom. The van der Waals surface area contributed by atoms with Crippen molar-refractivity contribution in [3.63, 3.8) is 0 Å². The molecule has 0 aliphatic rings. The van der Waals surface area contributed by atoms with Gasteiger partial charge in [-0.15, -0.1) is 0 Å². The van der Waals surface area contributed by atoms with Gasteiger partial charge in [-0.1, -0.05) is 30.7 Å². The molecular weight excluding hydrogens is 376 g/mol. The van der Waals surface area contributed by atoms with Crippen molar-refractivity contribution in [2.24, 2.45) is 0 Å². The summed E-state index contributed by atoms with van der Waals surface area (Å²) >= 11 is 6.10. The highest BCUT2D eigenvalue weighted by atomic mass is 35.5. The van der Waals surface area contributed by atoms with Gasteiger partial charge in [0.05, 0.1) is 26.9 Å². The van der Waals surface area contributed by atoms with Crippen molar-refractivity contribution in [2.75, 3.05) is 16.4 Å².